The van der Waals surface area contributed by atoms with Gasteiger partial charge in [-0.2, -0.15) is 5.10 Å². The zero-order chi connectivity index (χ0) is 9.68. The molecular weight excluding hydrogens is 190 g/mol. The van der Waals surface area contributed by atoms with E-state index in [0.717, 1.165) is 0 Å². The summed E-state index contributed by atoms with van der Waals surface area (Å²) in [5, 5.41) is 7.47. The fourth-order valence-corrected chi connectivity index (χ4v) is 0.813. The molecule has 0 aliphatic heterocycles. The van der Waals surface area contributed by atoms with E-state index in [1.54, 1.807) is 18.3 Å². The lowest BCUT2D eigenvalue weighted by Gasteiger charge is -1.92. The summed E-state index contributed by atoms with van der Waals surface area (Å²) in [4.78, 5) is 3.94. The minimum Gasteiger partial charge on any atom is -0.369 e. The minimum absolute atomic E-state index is 0.108. The van der Waals surface area contributed by atoms with Crippen LogP contribution in [-0.2, 0) is 0 Å². The third kappa shape index (κ3) is 3.08. The molecule has 1 aromatic rings. The van der Waals surface area contributed by atoms with Crippen LogP contribution in [0.5, 0.6) is 0 Å². The van der Waals surface area contributed by atoms with Crippen molar-refractivity contribution in [2.75, 3.05) is 0 Å². The summed E-state index contributed by atoms with van der Waals surface area (Å²) >= 11 is 5.77. The lowest BCUT2D eigenvalue weighted by Crippen LogP contribution is -2.21. The summed E-state index contributed by atoms with van der Waals surface area (Å²) in [5.41, 5.74) is 10.6. The molecule has 1 heterocycles. The highest BCUT2D eigenvalue weighted by atomic mass is 35.5. The van der Waals surface area contributed by atoms with Crippen molar-refractivity contribution in [2.24, 2.45) is 21.7 Å². The summed E-state index contributed by atoms with van der Waals surface area (Å²) in [7, 11) is 0. The summed E-state index contributed by atoms with van der Waals surface area (Å²) in [5.74, 6) is -0.108. The number of nitrogens with two attached hydrogens (primary N) is 2. The Balaban J connectivity index is 2.80. The Morgan fingerprint density at radius 3 is 2.92 bits per heavy atom. The number of aromatic nitrogens is 1. The van der Waals surface area contributed by atoms with Crippen molar-refractivity contribution in [2.45, 2.75) is 0 Å². The number of rotatable bonds is 2. The molecule has 0 radical (unpaired) electrons. The standard InChI is InChI=1S/C7H8ClN5/c8-5-2-1-3-11-6(5)4-12-13-7(9)10/h1-4H,(H4,9,10,13)/b12-4+. The zero-order valence-electron chi connectivity index (χ0n) is 6.68. The minimum atomic E-state index is -0.108. The predicted molar refractivity (Wildman–Crippen MR) is 52.7 cm³/mol. The summed E-state index contributed by atoms with van der Waals surface area (Å²) in [6.45, 7) is 0. The normalized spacial score (nSPS) is 10.2. The third-order valence-corrected chi connectivity index (χ3v) is 1.46. The van der Waals surface area contributed by atoms with E-state index in [9.17, 15) is 0 Å². The van der Waals surface area contributed by atoms with E-state index >= 15 is 0 Å². The Morgan fingerprint density at radius 2 is 2.31 bits per heavy atom. The average molecular weight is 198 g/mol. The van der Waals surface area contributed by atoms with Crippen molar-refractivity contribution in [1.29, 1.82) is 0 Å². The molecule has 0 amide bonds. The van der Waals surface area contributed by atoms with E-state index in [2.05, 4.69) is 15.2 Å². The van der Waals surface area contributed by atoms with Crippen molar-refractivity contribution in [3.63, 3.8) is 0 Å². The third-order valence-electron chi connectivity index (χ3n) is 1.14. The topological polar surface area (TPSA) is 89.7 Å². The van der Waals surface area contributed by atoms with Gasteiger partial charge in [-0.1, -0.05) is 11.6 Å². The molecule has 13 heavy (non-hydrogen) atoms. The SMILES string of the molecule is NC(N)=N/N=C/c1ncccc1Cl. The average Bonchev–Trinajstić information content (AvgIpc) is 2.08. The molecule has 0 atom stereocenters. The van der Waals surface area contributed by atoms with E-state index in [1.165, 1.54) is 6.21 Å². The van der Waals surface area contributed by atoms with Gasteiger partial charge in [0, 0.05) is 6.20 Å². The van der Waals surface area contributed by atoms with Gasteiger partial charge in [0.25, 0.3) is 0 Å². The highest BCUT2D eigenvalue weighted by Crippen LogP contribution is 2.09. The molecule has 0 aliphatic carbocycles. The second-order valence-electron chi connectivity index (χ2n) is 2.14. The molecule has 0 aliphatic rings. The molecule has 68 valence electrons. The molecule has 4 N–H and O–H groups in total. The molecule has 5 nitrogen and oxygen atoms in total. The smallest absolute Gasteiger partial charge is 0.211 e. The first-order chi connectivity index (χ1) is 6.20. The predicted octanol–water partition coefficient (Wildman–Crippen LogP) is 0.342. The zero-order valence-corrected chi connectivity index (χ0v) is 7.44. The van der Waals surface area contributed by atoms with Crippen LogP contribution in [0.4, 0.5) is 0 Å². The molecule has 0 fully saturated rings. The molecular formula is C7H8ClN5. The van der Waals surface area contributed by atoms with E-state index in [-0.39, 0.29) is 5.96 Å². The molecule has 0 unspecified atom stereocenters. The van der Waals surface area contributed by atoms with Crippen LogP contribution in [0.15, 0.2) is 28.5 Å². The monoisotopic (exact) mass is 197 g/mol. The quantitative estimate of drug-likeness (QED) is 0.407. The maximum Gasteiger partial charge on any atom is 0.211 e. The van der Waals surface area contributed by atoms with Crippen LogP contribution in [0.25, 0.3) is 0 Å². The van der Waals surface area contributed by atoms with Crippen molar-refractivity contribution >= 4 is 23.8 Å². The molecule has 1 aromatic heterocycles. The molecule has 1 rings (SSSR count). The van der Waals surface area contributed by atoms with Gasteiger partial charge >= 0.3 is 0 Å². The first-order valence-corrected chi connectivity index (χ1v) is 3.80. The molecule has 6 heteroatoms. The van der Waals surface area contributed by atoms with Gasteiger partial charge in [0.15, 0.2) is 0 Å². The van der Waals surface area contributed by atoms with Crippen molar-refractivity contribution in [3.05, 3.63) is 29.0 Å². The van der Waals surface area contributed by atoms with Gasteiger partial charge in [-0.05, 0) is 12.1 Å². The summed E-state index contributed by atoms with van der Waals surface area (Å²) < 4.78 is 0. The van der Waals surface area contributed by atoms with Gasteiger partial charge in [0.2, 0.25) is 5.96 Å². The van der Waals surface area contributed by atoms with Gasteiger partial charge in [-0.15, -0.1) is 5.10 Å². The van der Waals surface area contributed by atoms with Crippen LogP contribution in [0.3, 0.4) is 0 Å². The summed E-state index contributed by atoms with van der Waals surface area (Å²) in [6.07, 6.45) is 2.98. The molecule has 0 saturated heterocycles. The van der Waals surface area contributed by atoms with Crippen LogP contribution in [0.1, 0.15) is 5.69 Å². The van der Waals surface area contributed by atoms with Crippen LogP contribution in [0, 0.1) is 0 Å². The van der Waals surface area contributed by atoms with Crippen molar-refractivity contribution < 1.29 is 0 Å². The van der Waals surface area contributed by atoms with Crippen LogP contribution >= 0.6 is 11.6 Å². The largest absolute Gasteiger partial charge is 0.369 e. The number of pyridine rings is 1. The van der Waals surface area contributed by atoms with Gasteiger partial charge in [0.05, 0.1) is 11.2 Å². The van der Waals surface area contributed by atoms with Crippen molar-refractivity contribution in [3.8, 4) is 0 Å². The Kier molecular flexibility index (Phi) is 3.22. The van der Waals surface area contributed by atoms with Crippen LogP contribution in [0.2, 0.25) is 5.02 Å². The van der Waals surface area contributed by atoms with E-state index < -0.39 is 0 Å². The molecule has 0 bridgehead atoms. The molecule has 0 saturated carbocycles. The second kappa shape index (κ2) is 4.42. The molecule has 0 aromatic carbocycles. The van der Waals surface area contributed by atoms with E-state index in [1.807, 2.05) is 0 Å². The van der Waals surface area contributed by atoms with Gasteiger partial charge < -0.3 is 11.5 Å². The van der Waals surface area contributed by atoms with Gasteiger partial charge in [0.1, 0.15) is 5.69 Å². The molecule has 0 spiro atoms. The fourth-order valence-electron chi connectivity index (χ4n) is 0.643. The first kappa shape index (κ1) is 9.47. The Hall–Kier alpha value is -1.62. The van der Waals surface area contributed by atoms with E-state index in [4.69, 9.17) is 23.1 Å². The second-order valence-corrected chi connectivity index (χ2v) is 2.55. The number of nitrogens with zero attached hydrogens (tertiary/aromatic N) is 3. The highest BCUT2D eigenvalue weighted by molar-refractivity contribution is 6.32. The lowest BCUT2D eigenvalue weighted by atomic mass is 10.4. The van der Waals surface area contributed by atoms with E-state index in [0.29, 0.717) is 10.7 Å². The first-order valence-electron chi connectivity index (χ1n) is 3.42. The lowest BCUT2D eigenvalue weighted by molar-refractivity contribution is 1.20. The fraction of sp³-hybridized carbons (Fsp3) is 0. The number of hydrogen-bond acceptors (Lipinski definition) is 3. The van der Waals surface area contributed by atoms with Crippen LogP contribution < -0.4 is 11.5 Å². The number of hydrogen-bond donors (Lipinski definition) is 2. The van der Waals surface area contributed by atoms with Crippen molar-refractivity contribution in [1.82, 2.24) is 4.98 Å². The highest BCUT2D eigenvalue weighted by Gasteiger charge is 1.94. The Bertz CT molecular complexity index is 342. The Morgan fingerprint density at radius 1 is 1.54 bits per heavy atom. The maximum atomic E-state index is 5.77. The van der Waals surface area contributed by atoms with Crippen LogP contribution in [-0.4, -0.2) is 17.2 Å². The number of guanidine groups is 1. The summed E-state index contributed by atoms with van der Waals surface area (Å²) in [6, 6.07) is 3.42. The van der Waals surface area contributed by atoms with Gasteiger partial charge in [-0.25, -0.2) is 0 Å². The Labute approximate surface area is 80.1 Å². The maximum absolute atomic E-state index is 5.77. The number of halogens is 1. The van der Waals surface area contributed by atoms with Gasteiger partial charge in [-0.3, -0.25) is 4.98 Å².